The van der Waals surface area contributed by atoms with Gasteiger partial charge in [-0.25, -0.2) is 4.79 Å². The maximum atomic E-state index is 12.4. The lowest BCUT2D eigenvalue weighted by Crippen LogP contribution is -2.54. The van der Waals surface area contributed by atoms with Crippen LogP contribution in [0.15, 0.2) is 30.3 Å². The van der Waals surface area contributed by atoms with Crippen molar-refractivity contribution in [1.29, 1.82) is 0 Å². The van der Waals surface area contributed by atoms with Crippen LogP contribution in [0.2, 0.25) is 0 Å². The van der Waals surface area contributed by atoms with Crippen molar-refractivity contribution in [3.05, 3.63) is 35.9 Å². The van der Waals surface area contributed by atoms with Crippen LogP contribution in [-0.2, 0) is 11.2 Å². The number of aryl methyl sites for hydroxylation is 1. The molecule has 5 nitrogen and oxygen atoms in total. The summed E-state index contributed by atoms with van der Waals surface area (Å²) in [5, 5.41) is 0. The molecule has 1 aromatic rings. The standard InChI is InChI=1S/C18H27N3O2/c22-18(21-13-15-23-16-14-21)20-11-9-19(10-12-20)8-4-7-17-5-2-1-3-6-17/h1-3,5-6H,4,7-16H2. The Labute approximate surface area is 138 Å². The topological polar surface area (TPSA) is 36.0 Å². The van der Waals surface area contributed by atoms with Crippen LogP contribution in [-0.4, -0.2) is 79.8 Å². The molecule has 0 radical (unpaired) electrons. The Morgan fingerprint density at radius 3 is 2.26 bits per heavy atom. The van der Waals surface area contributed by atoms with Gasteiger partial charge in [-0.1, -0.05) is 30.3 Å². The first-order valence-corrected chi connectivity index (χ1v) is 8.71. The van der Waals surface area contributed by atoms with Crippen LogP contribution in [0.4, 0.5) is 4.79 Å². The van der Waals surface area contributed by atoms with Crippen LogP contribution in [0.3, 0.4) is 0 Å². The van der Waals surface area contributed by atoms with E-state index in [9.17, 15) is 4.79 Å². The number of hydrogen-bond acceptors (Lipinski definition) is 3. The van der Waals surface area contributed by atoms with E-state index in [1.807, 2.05) is 9.80 Å². The average Bonchev–Trinajstić information content (AvgIpc) is 2.63. The van der Waals surface area contributed by atoms with Crippen LogP contribution >= 0.6 is 0 Å². The highest BCUT2D eigenvalue weighted by Gasteiger charge is 2.25. The Morgan fingerprint density at radius 2 is 1.57 bits per heavy atom. The highest BCUT2D eigenvalue weighted by atomic mass is 16.5. The van der Waals surface area contributed by atoms with Crippen molar-refractivity contribution in [2.75, 3.05) is 59.0 Å². The summed E-state index contributed by atoms with van der Waals surface area (Å²) in [6.07, 6.45) is 2.31. The molecule has 0 aromatic heterocycles. The number of carbonyl (C=O) groups is 1. The molecule has 0 atom stereocenters. The normalized spacial score (nSPS) is 19.8. The number of hydrogen-bond donors (Lipinski definition) is 0. The van der Waals surface area contributed by atoms with Crippen LogP contribution < -0.4 is 0 Å². The summed E-state index contributed by atoms with van der Waals surface area (Å²) in [5.41, 5.74) is 1.41. The highest BCUT2D eigenvalue weighted by Crippen LogP contribution is 2.09. The van der Waals surface area contributed by atoms with Gasteiger partial charge in [-0.15, -0.1) is 0 Å². The SMILES string of the molecule is O=C(N1CCOCC1)N1CCN(CCCc2ccccc2)CC1. The summed E-state index contributed by atoms with van der Waals surface area (Å²) in [4.78, 5) is 18.8. The minimum Gasteiger partial charge on any atom is -0.378 e. The average molecular weight is 317 g/mol. The van der Waals surface area contributed by atoms with E-state index in [1.54, 1.807) is 0 Å². The highest BCUT2D eigenvalue weighted by molar-refractivity contribution is 5.74. The number of amides is 2. The van der Waals surface area contributed by atoms with E-state index in [0.29, 0.717) is 13.2 Å². The van der Waals surface area contributed by atoms with Crippen molar-refractivity contribution < 1.29 is 9.53 Å². The number of carbonyl (C=O) groups excluding carboxylic acids is 1. The zero-order valence-electron chi connectivity index (χ0n) is 13.8. The van der Waals surface area contributed by atoms with Gasteiger partial charge in [-0.3, -0.25) is 4.90 Å². The molecule has 2 aliphatic rings. The molecule has 2 saturated heterocycles. The quantitative estimate of drug-likeness (QED) is 0.848. The zero-order valence-corrected chi connectivity index (χ0v) is 13.8. The molecule has 126 valence electrons. The van der Waals surface area contributed by atoms with Crippen molar-refractivity contribution in [2.45, 2.75) is 12.8 Å². The Balaban J connectivity index is 1.36. The molecule has 5 heteroatoms. The van der Waals surface area contributed by atoms with Gasteiger partial charge in [0, 0.05) is 39.3 Å². The van der Waals surface area contributed by atoms with Crippen LogP contribution in [0, 0.1) is 0 Å². The zero-order chi connectivity index (χ0) is 15.9. The molecule has 0 bridgehead atoms. The Hall–Kier alpha value is -1.59. The molecule has 0 spiro atoms. The number of piperazine rings is 1. The van der Waals surface area contributed by atoms with E-state index in [1.165, 1.54) is 12.0 Å². The Bertz CT molecular complexity index is 480. The smallest absolute Gasteiger partial charge is 0.320 e. The minimum atomic E-state index is 0.192. The van der Waals surface area contributed by atoms with Gasteiger partial charge >= 0.3 is 6.03 Å². The Kier molecular flexibility index (Phi) is 5.88. The molecule has 0 saturated carbocycles. The van der Waals surface area contributed by atoms with Gasteiger partial charge in [-0.2, -0.15) is 0 Å². The second kappa shape index (κ2) is 8.31. The maximum Gasteiger partial charge on any atom is 0.320 e. The van der Waals surface area contributed by atoms with Crippen LogP contribution in [0.25, 0.3) is 0 Å². The number of benzene rings is 1. The molecule has 0 N–H and O–H groups in total. The van der Waals surface area contributed by atoms with Gasteiger partial charge in [0.2, 0.25) is 0 Å². The van der Waals surface area contributed by atoms with Crippen molar-refractivity contribution in [3.8, 4) is 0 Å². The molecule has 0 unspecified atom stereocenters. The Morgan fingerprint density at radius 1 is 0.913 bits per heavy atom. The van der Waals surface area contributed by atoms with E-state index in [4.69, 9.17) is 4.74 Å². The molecular formula is C18H27N3O2. The summed E-state index contributed by atoms with van der Waals surface area (Å²) in [5.74, 6) is 0. The number of urea groups is 1. The molecular weight excluding hydrogens is 290 g/mol. The lowest BCUT2D eigenvalue weighted by molar-refractivity contribution is 0.0376. The van der Waals surface area contributed by atoms with E-state index >= 15 is 0 Å². The van der Waals surface area contributed by atoms with E-state index in [0.717, 1.165) is 52.2 Å². The third-order valence-electron chi connectivity index (χ3n) is 4.71. The fraction of sp³-hybridized carbons (Fsp3) is 0.611. The van der Waals surface area contributed by atoms with Gasteiger partial charge in [0.05, 0.1) is 13.2 Å². The second-order valence-electron chi connectivity index (χ2n) is 6.30. The number of ether oxygens (including phenoxy) is 1. The molecule has 23 heavy (non-hydrogen) atoms. The van der Waals surface area contributed by atoms with E-state index < -0.39 is 0 Å². The summed E-state index contributed by atoms with van der Waals surface area (Å²) in [6.45, 7) is 7.61. The van der Waals surface area contributed by atoms with E-state index in [2.05, 4.69) is 35.2 Å². The number of rotatable bonds is 4. The first kappa shape index (κ1) is 16.3. The predicted octanol–water partition coefficient (Wildman–Crippen LogP) is 1.69. The fourth-order valence-electron chi connectivity index (χ4n) is 3.27. The lowest BCUT2D eigenvalue weighted by Gasteiger charge is -2.38. The second-order valence-corrected chi connectivity index (χ2v) is 6.30. The summed E-state index contributed by atoms with van der Waals surface area (Å²) in [6, 6.07) is 10.8. The van der Waals surface area contributed by atoms with Crippen LogP contribution in [0.1, 0.15) is 12.0 Å². The summed E-state index contributed by atoms with van der Waals surface area (Å²) in [7, 11) is 0. The van der Waals surface area contributed by atoms with Crippen LogP contribution in [0.5, 0.6) is 0 Å². The summed E-state index contributed by atoms with van der Waals surface area (Å²) >= 11 is 0. The largest absolute Gasteiger partial charge is 0.378 e. The van der Waals surface area contributed by atoms with Crippen molar-refractivity contribution in [3.63, 3.8) is 0 Å². The van der Waals surface area contributed by atoms with Gasteiger partial charge in [0.1, 0.15) is 0 Å². The van der Waals surface area contributed by atoms with Gasteiger partial charge in [0.15, 0.2) is 0 Å². The molecule has 2 aliphatic heterocycles. The summed E-state index contributed by atoms with van der Waals surface area (Å²) < 4.78 is 5.31. The first-order chi connectivity index (χ1) is 11.3. The lowest BCUT2D eigenvalue weighted by atomic mass is 10.1. The van der Waals surface area contributed by atoms with E-state index in [-0.39, 0.29) is 6.03 Å². The van der Waals surface area contributed by atoms with Gasteiger partial charge < -0.3 is 14.5 Å². The third-order valence-corrected chi connectivity index (χ3v) is 4.71. The van der Waals surface area contributed by atoms with Crippen molar-refractivity contribution >= 4 is 6.03 Å². The molecule has 1 aromatic carbocycles. The van der Waals surface area contributed by atoms with Crippen molar-refractivity contribution in [1.82, 2.24) is 14.7 Å². The third kappa shape index (κ3) is 4.69. The van der Waals surface area contributed by atoms with Gasteiger partial charge in [-0.05, 0) is 24.9 Å². The molecule has 2 amide bonds. The molecule has 2 fully saturated rings. The predicted molar refractivity (Wildman–Crippen MR) is 90.6 cm³/mol. The molecule has 3 rings (SSSR count). The van der Waals surface area contributed by atoms with Crippen molar-refractivity contribution in [2.24, 2.45) is 0 Å². The minimum absolute atomic E-state index is 0.192. The molecule has 2 heterocycles. The fourth-order valence-corrected chi connectivity index (χ4v) is 3.27. The van der Waals surface area contributed by atoms with Gasteiger partial charge in [0.25, 0.3) is 0 Å². The molecule has 0 aliphatic carbocycles. The monoisotopic (exact) mass is 317 g/mol. The number of morpholine rings is 1. The first-order valence-electron chi connectivity index (χ1n) is 8.71. The number of nitrogens with zero attached hydrogens (tertiary/aromatic N) is 3. The maximum absolute atomic E-state index is 12.4.